The number of aryl methyl sites for hydroxylation is 1. The van der Waals surface area contributed by atoms with Crippen molar-refractivity contribution in [2.24, 2.45) is 17.5 Å². The van der Waals surface area contributed by atoms with Crippen molar-refractivity contribution in [3.63, 3.8) is 0 Å². The van der Waals surface area contributed by atoms with Gasteiger partial charge in [-0.15, -0.1) is 0 Å². The molecule has 0 aromatic carbocycles. The fourth-order valence-corrected chi connectivity index (χ4v) is 4.54. The van der Waals surface area contributed by atoms with Gasteiger partial charge in [-0.2, -0.15) is 17.6 Å². The maximum Gasteiger partial charge on any atom is 0.433 e. The summed E-state index contributed by atoms with van der Waals surface area (Å²) >= 11 is 0. The minimum Gasteiger partial charge on any atom is -0.393 e. The molecule has 2 heterocycles. The first-order valence-electron chi connectivity index (χ1n) is 13.4. The molecule has 0 saturated heterocycles. The van der Waals surface area contributed by atoms with E-state index < -0.39 is 41.9 Å². The third kappa shape index (κ3) is 9.82. The molecule has 1 atom stereocenters. The number of rotatable bonds is 12. The quantitative estimate of drug-likeness (QED) is 0.127. The van der Waals surface area contributed by atoms with Crippen LogP contribution in [0.2, 0.25) is 0 Å². The number of alkyl halides is 4. The molecule has 1 aliphatic carbocycles. The number of carbonyl (C=O) groups excluding carboxylic acids is 2. The summed E-state index contributed by atoms with van der Waals surface area (Å²) < 4.78 is 67.9. The van der Waals surface area contributed by atoms with Crippen molar-refractivity contribution in [3.8, 4) is 0 Å². The highest BCUT2D eigenvalue weighted by Crippen LogP contribution is 2.27. The molecule has 0 bridgehead atoms. The number of nitrogens with one attached hydrogen (secondary N) is 2. The number of pyridine rings is 2. The fraction of sp³-hybridized carbons (Fsp3) is 0.481. The molecular weight excluding hydrogens is 565 g/mol. The lowest BCUT2D eigenvalue weighted by atomic mass is 9.87. The summed E-state index contributed by atoms with van der Waals surface area (Å²) in [6.45, 7) is -0.756. The van der Waals surface area contributed by atoms with Gasteiger partial charge in [0, 0.05) is 38.1 Å². The lowest BCUT2D eigenvalue weighted by molar-refractivity contribution is -0.141. The van der Waals surface area contributed by atoms with Crippen molar-refractivity contribution in [2.75, 3.05) is 11.9 Å². The summed E-state index contributed by atoms with van der Waals surface area (Å²) in [5, 5.41) is 5.66. The van der Waals surface area contributed by atoms with Crippen LogP contribution in [0.5, 0.6) is 0 Å². The standard InChI is InChI=1S/C27H34F5N7O3/c28-19(15-39(34)16-20(33)25(41)36-14-18-6-7-22(35-13-18)27(30,31)32)8-10-38-11-9-21(24(29)26(38)42)37-23(40)12-17-4-2-1-3-5-17/h6-7,9,11,13,16-17,19H,1-5,8,10,12,14-15,33-34H2,(H,36,41)(H,37,40)/b20-16-. The summed E-state index contributed by atoms with van der Waals surface area (Å²) in [7, 11) is 0. The molecule has 3 rings (SSSR count). The topological polar surface area (TPSA) is 148 Å². The van der Waals surface area contributed by atoms with Gasteiger partial charge in [0.05, 0.1) is 12.2 Å². The van der Waals surface area contributed by atoms with E-state index in [1.807, 2.05) is 0 Å². The van der Waals surface area contributed by atoms with E-state index in [2.05, 4.69) is 15.6 Å². The smallest absolute Gasteiger partial charge is 0.393 e. The second-order valence-corrected chi connectivity index (χ2v) is 10.2. The highest BCUT2D eigenvalue weighted by atomic mass is 19.4. The first-order chi connectivity index (χ1) is 19.8. The van der Waals surface area contributed by atoms with Crippen LogP contribution in [0.25, 0.3) is 0 Å². The molecule has 15 heteroatoms. The predicted molar refractivity (Wildman–Crippen MR) is 144 cm³/mol. The third-order valence-electron chi connectivity index (χ3n) is 6.81. The molecule has 2 aromatic heterocycles. The first kappa shape index (κ1) is 32.5. The summed E-state index contributed by atoms with van der Waals surface area (Å²) in [6, 6.07) is 3.18. The van der Waals surface area contributed by atoms with Gasteiger partial charge >= 0.3 is 6.18 Å². The second-order valence-electron chi connectivity index (χ2n) is 10.2. The van der Waals surface area contributed by atoms with Crippen LogP contribution in [0, 0.1) is 11.7 Å². The van der Waals surface area contributed by atoms with Gasteiger partial charge < -0.3 is 25.9 Å². The highest BCUT2D eigenvalue weighted by Gasteiger charge is 2.32. The number of carbonyl (C=O) groups is 2. The van der Waals surface area contributed by atoms with Crippen LogP contribution in [-0.2, 0) is 28.9 Å². The molecule has 1 fully saturated rings. The molecule has 2 amide bonds. The van der Waals surface area contributed by atoms with E-state index in [0.29, 0.717) is 5.56 Å². The van der Waals surface area contributed by atoms with Crippen LogP contribution in [0.1, 0.15) is 56.2 Å². The van der Waals surface area contributed by atoms with E-state index in [9.17, 15) is 36.3 Å². The molecule has 0 aliphatic heterocycles. The molecule has 0 spiro atoms. The Bertz CT molecular complexity index is 1310. The average molecular weight is 600 g/mol. The lowest BCUT2D eigenvalue weighted by Gasteiger charge is -2.21. The van der Waals surface area contributed by atoms with Gasteiger partial charge in [0.25, 0.3) is 11.5 Å². The van der Waals surface area contributed by atoms with Gasteiger partial charge in [-0.3, -0.25) is 19.4 Å². The molecule has 1 saturated carbocycles. The Labute approximate surface area is 238 Å². The van der Waals surface area contributed by atoms with E-state index in [1.165, 1.54) is 12.3 Å². The molecular formula is C27H34F5N7O3. The Balaban J connectivity index is 1.44. The van der Waals surface area contributed by atoms with Crippen molar-refractivity contribution in [2.45, 2.75) is 70.4 Å². The second kappa shape index (κ2) is 14.8. The number of hydrogen-bond acceptors (Lipinski definition) is 7. The van der Waals surface area contributed by atoms with Crippen molar-refractivity contribution in [1.82, 2.24) is 19.9 Å². The Morgan fingerprint density at radius 3 is 2.55 bits per heavy atom. The van der Waals surface area contributed by atoms with E-state index in [-0.39, 0.29) is 49.1 Å². The van der Waals surface area contributed by atoms with Crippen LogP contribution < -0.4 is 27.8 Å². The van der Waals surface area contributed by atoms with Crippen molar-refractivity contribution in [3.05, 3.63) is 69.9 Å². The highest BCUT2D eigenvalue weighted by molar-refractivity contribution is 5.92. The SMILES string of the molecule is N/C(=C\N(N)CC(F)CCn1ccc(NC(=O)CC2CCCCC2)c(F)c1=O)C(=O)NCc1ccc(C(F)(F)F)nc1. The van der Waals surface area contributed by atoms with E-state index in [0.717, 1.165) is 66.2 Å². The maximum atomic E-state index is 14.6. The Kier molecular flexibility index (Phi) is 11.4. The fourth-order valence-electron chi connectivity index (χ4n) is 4.54. The minimum absolute atomic E-state index is 0.164. The number of nitrogens with zero attached hydrogens (tertiary/aromatic N) is 3. The summed E-state index contributed by atoms with van der Waals surface area (Å²) in [6.07, 6.45) is 2.23. The van der Waals surface area contributed by atoms with E-state index in [1.54, 1.807) is 0 Å². The van der Waals surface area contributed by atoms with Gasteiger partial charge in [-0.05, 0) is 42.9 Å². The van der Waals surface area contributed by atoms with E-state index >= 15 is 0 Å². The lowest BCUT2D eigenvalue weighted by Crippen LogP contribution is -2.36. The summed E-state index contributed by atoms with van der Waals surface area (Å²) in [5.74, 6) is 3.66. The number of nitrogens with two attached hydrogens (primary N) is 2. The van der Waals surface area contributed by atoms with Crippen LogP contribution in [-0.4, -0.2) is 39.1 Å². The third-order valence-corrected chi connectivity index (χ3v) is 6.81. The predicted octanol–water partition coefficient (Wildman–Crippen LogP) is 3.33. The zero-order valence-corrected chi connectivity index (χ0v) is 22.8. The monoisotopic (exact) mass is 599 g/mol. The van der Waals surface area contributed by atoms with Gasteiger partial charge in [0.1, 0.15) is 17.6 Å². The number of aromatic nitrogens is 2. The molecule has 2 aromatic rings. The number of halogens is 5. The molecule has 42 heavy (non-hydrogen) atoms. The van der Waals surface area contributed by atoms with Crippen molar-refractivity contribution >= 4 is 17.5 Å². The van der Waals surface area contributed by atoms with Crippen molar-refractivity contribution < 1.29 is 31.5 Å². The largest absolute Gasteiger partial charge is 0.433 e. The van der Waals surface area contributed by atoms with Gasteiger partial charge in [-0.25, -0.2) is 10.2 Å². The molecule has 10 nitrogen and oxygen atoms in total. The molecule has 6 N–H and O–H groups in total. The normalized spacial score (nSPS) is 15.2. The Hall–Kier alpha value is -4.01. The average Bonchev–Trinajstić information content (AvgIpc) is 2.94. The summed E-state index contributed by atoms with van der Waals surface area (Å²) in [5.41, 5.74) is 3.26. The zero-order chi connectivity index (χ0) is 30.9. The molecule has 230 valence electrons. The Morgan fingerprint density at radius 2 is 1.90 bits per heavy atom. The number of amides is 2. The Morgan fingerprint density at radius 1 is 1.19 bits per heavy atom. The van der Waals surface area contributed by atoms with E-state index in [4.69, 9.17) is 11.6 Å². The van der Waals surface area contributed by atoms with Crippen LogP contribution in [0.3, 0.4) is 0 Å². The van der Waals surface area contributed by atoms with Crippen LogP contribution in [0.15, 0.2) is 47.3 Å². The number of hydrazine groups is 1. The van der Waals surface area contributed by atoms with Crippen LogP contribution in [0.4, 0.5) is 27.6 Å². The number of anilines is 1. The van der Waals surface area contributed by atoms with Gasteiger partial charge in [0.2, 0.25) is 11.7 Å². The first-order valence-corrected chi connectivity index (χ1v) is 13.4. The molecule has 0 radical (unpaired) electrons. The zero-order valence-electron chi connectivity index (χ0n) is 22.8. The molecule has 1 unspecified atom stereocenters. The van der Waals surface area contributed by atoms with Gasteiger partial charge in [0.15, 0.2) is 0 Å². The van der Waals surface area contributed by atoms with Gasteiger partial charge in [-0.1, -0.05) is 25.3 Å². The molecule has 1 aliphatic rings. The summed E-state index contributed by atoms with van der Waals surface area (Å²) in [4.78, 5) is 40.1. The van der Waals surface area contributed by atoms with Crippen molar-refractivity contribution in [1.29, 1.82) is 0 Å². The maximum absolute atomic E-state index is 14.6. The number of hydrogen-bond donors (Lipinski definition) is 4. The van der Waals surface area contributed by atoms with Crippen LogP contribution >= 0.6 is 0 Å². The minimum atomic E-state index is -4.59.